The van der Waals surface area contributed by atoms with Crippen LogP contribution in [0.2, 0.25) is 0 Å². The molecular formula is C27H35NO3. The molecule has 3 saturated carbocycles. The number of hydrogen-bond acceptors (Lipinski definition) is 2. The number of carbonyl (C=O) groups is 2. The predicted octanol–water partition coefficient (Wildman–Crippen LogP) is 5.63. The molecule has 0 aromatic heterocycles. The van der Waals surface area contributed by atoms with Gasteiger partial charge in [0, 0.05) is 19.5 Å². The standard InChI is InChI=1S/C27H35NO3/c1-26-14-12-22-20(9-11-23-27(22,2)15-13-24(29)28(23)3)21(26)10-8-19(26)16-17-4-6-18(7-5-17)25(30)31/h4-7,16,20-23H,8-15H2,1-3H3,(H,30,31)/b19-16+/t20-,21-,22-,23+,26+,27+/m0/s1. The first-order valence-corrected chi connectivity index (χ1v) is 12.0. The van der Waals surface area contributed by atoms with Gasteiger partial charge in [-0.3, -0.25) is 4.79 Å². The van der Waals surface area contributed by atoms with Crippen molar-refractivity contribution in [3.05, 3.63) is 41.0 Å². The molecule has 1 N–H and O–H groups in total. The highest BCUT2D eigenvalue weighted by Gasteiger charge is 2.59. The lowest BCUT2D eigenvalue weighted by atomic mass is 9.47. The number of carboxylic acids is 1. The number of nitrogens with zero attached hydrogens (tertiary/aromatic N) is 1. The summed E-state index contributed by atoms with van der Waals surface area (Å²) in [6.07, 6.45) is 11.4. The number of aromatic carboxylic acids is 1. The summed E-state index contributed by atoms with van der Waals surface area (Å²) in [7, 11) is 2.03. The molecular weight excluding hydrogens is 386 g/mol. The van der Waals surface area contributed by atoms with Gasteiger partial charge in [-0.2, -0.15) is 0 Å². The second-order valence-electron chi connectivity index (χ2n) is 11.1. The molecule has 1 heterocycles. The molecule has 6 atom stereocenters. The van der Waals surface area contributed by atoms with Crippen LogP contribution in [0.15, 0.2) is 29.8 Å². The highest BCUT2D eigenvalue weighted by atomic mass is 16.4. The van der Waals surface area contributed by atoms with Gasteiger partial charge < -0.3 is 10.0 Å². The third-order valence-corrected chi connectivity index (χ3v) is 9.90. The SMILES string of the molecule is CN1C(=O)CC[C@]2(C)[C@H]3CC[C@]4(C)/C(=C/c5ccc(C(=O)O)cc5)CC[C@H]4[C@@H]3CC[C@@H]12. The van der Waals surface area contributed by atoms with Crippen molar-refractivity contribution >= 4 is 18.0 Å². The first-order chi connectivity index (χ1) is 14.7. The normalized spacial score (nSPS) is 40.9. The van der Waals surface area contributed by atoms with Crippen molar-refractivity contribution in [3.8, 4) is 0 Å². The molecule has 1 saturated heterocycles. The summed E-state index contributed by atoms with van der Waals surface area (Å²) in [5.41, 5.74) is 3.55. The number of hydrogen-bond donors (Lipinski definition) is 1. The predicted molar refractivity (Wildman–Crippen MR) is 122 cm³/mol. The van der Waals surface area contributed by atoms with Crippen molar-refractivity contribution in [2.24, 2.45) is 28.6 Å². The van der Waals surface area contributed by atoms with Crippen molar-refractivity contribution in [1.29, 1.82) is 0 Å². The molecule has 1 aromatic carbocycles. The monoisotopic (exact) mass is 421 g/mol. The van der Waals surface area contributed by atoms with Crippen molar-refractivity contribution in [1.82, 2.24) is 4.90 Å². The molecule has 4 nitrogen and oxygen atoms in total. The van der Waals surface area contributed by atoms with Gasteiger partial charge in [-0.1, -0.05) is 37.6 Å². The molecule has 1 amide bonds. The lowest BCUT2D eigenvalue weighted by molar-refractivity contribution is -0.156. The Bertz CT molecular complexity index is 934. The molecule has 0 spiro atoms. The molecule has 4 fully saturated rings. The van der Waals surface area contributed by atoms with E-state index < -0.39 is 5.97 Å². The van der Waals surface area contributed by atoms with Crippen molar-refractivity contribution in [2.45, 2.75) is 71.3 Å². The van der Waals surface area contributed by atoms with Crippen LogP contribution in [-0.4, -0.2) is 35.0 Å². The molecule has 0 bridgehead atoms. The average molecular weight is 422 g/mol. The van der Waals surface area contributed by atoms with Crippen LogP contribution in [0.3, 0.4) is 0 Å². The largest absolute Gasteiger partial charge is 0.478 e. The van der Waals surface area contributed by atoms with Gasteiger partial charge in [-0.25, -0.2) is 4.79 Å². The van der Waals surface area contributed by atoms with E-state index >= 15 is 0 Å². The minimum absolute atomic E-state index is 0.256. The Morgan fingerprint density at radius 3 is 2.48 bits per heavy atom. The number of amides is 1. The lowest BCUT2D eigenvalue weighted by Gasteiger charge is -2.61. The van der Waals surface area contributed by atoms with Gasteiger partial charge in [0.2, 0.25) is 5.91 Å². The Morgan fingerprint density at radius 1 is 1.03 bits per heavy atom. The van der Waals surface area contributed by atoms with Crippen LogP contribution in [-0.2, 0) is 4.79 Å². The zero-order valence-corrected chi connectivity index (χ0v) is 19.1. The smallest absolute Gasteiger partial charge is 0.335 e. The number of benzene rings is 1. The number of likely N-dealkylation sites (tertiary alicyclic amines) is 1. The van der Waals surface area contributed by atoms with Crippen LogP contribution in [0.4, 0.5) is 0 Å². The summed E-state index contributed by atoms with van der Waals surface area (Å²) in [4.78, 5) is 25.6. The number of fused-ring (bicyclic) bond motifs is 5. The summed E-state index contributed by atoms with van der Waals surface area (Å²) >= 11 is 0. The van der Waals surface area contributed by atoms with E-state index in [9.17, 15) is 9.59 Å². The molecule has 4 heteroatoms. The second-order valence-corrected chi connectivity index (χ2v) is 11.1. The van der Waals surface area contributed by atoms with Gasteiger partial charge >= 0.3 is 5.97 Å². The Hall–Kier alpha value is -2.10. The van der Waals surface area contributed by atoms with Crippen LogP contribution in [0, 0.1) is 28.6 Å². The fourth-order valence-electron chi connectivity index (χ4n) is 8.16. The third-order valence-electron chi connectivity index (χ3n) is 9.90. The fourth-order valence-corrected chi connectivity index (χ4v) is 8.16. The summed E-state index contributed by atoms with van der Waals surface area (Å²) < 4.78 is 0. The number of carboxylic acid groups (broad SMARTS) is 1. The maximum Gasteiger partial charge on any atom is 0.335 e. The van der Waals surface area contributed by atoms with Gasteiger partial charge in [0.15, 0.2) is 0 Å². The number of allylic oxidation sites excluding steroid dienone is 1. The van der Waals surface area contributed by atoms with E-state index in [1.54, 1.807) is 17.7 Å². The topological polar surface area (TPSA) is 57.6 Å². The van der Waals surface area contributed by atoms with Crippen LogP contribution in [0.25, 0.3) is 6.08 Å². The number of carbonyl (C=O) groups excluding carboxylic acids is 1. The van der Waals surface area contributed by atoms with E-state index in [0.29, 0.717) is 23.9 Å². The van der Waals surface area contributed by atoms with Gasteiger partial charge in [-0.15, -0.1) is 0 Å². The molecule has 5 rings (SSSR count). The zero-order valence-electron chi connectivity index (χ0n) is 19.1. The van der Waals surface area contributed by atoms with E-state index in [0.717, 1.165) is 42.6 Å². The van der Waals surface area contributed by atoms with E-state index in [-0.39, 0.29) is 10.8 Å². The van der Waals surface area contributed by atoms with Crippen LogP contribution >= 0.6 is 0 Å². The highest BCUT2D eigenvalue weighted by Crippen LogP contribution is 2.66. The average Bonchev–Trinajstić information content (AvgIpc) is 3.08. The maximum atomic E-state index is 12.3. The molecule has 4 aliphatic rings. The summed E-state index contributed by atoms with van der Waals surface area (Å²) in [5, 5.41) is 9.16. The fraction of sp³-hybridized carbons (Fsp3) is 0.630. The maximum absolute atomic E-state index is 12.3. The van der Waals surface area contributed by atoms with Crippen LogP contribution in [0.1, 0.15) is 81.1 Å². The lowest BCUT2D eigenvalue weighted by Crippen LogP contribution is -2.61. The van der Waals surface area contributed by atoms with Crippen molar-refractivity contribution in [2.75, 3.05) is 7.05 Å². The Balaban J connectivity index is 1.41. The van der Waals surface area contributed by atoms with Crippen LogP contribution < -0.4 is 0 Å². The highest BCUT2D eigenvalue weighted by molar-refractivity contribution is 5.87. The molecule has 1 aromatic rings. The molecule has 0 unspecified atom stereocenters. The molecule has 166 valence electrons. The quantitative estimate of drug-likeness (QED) is 0.673. The molecule has 31 heavy (non-hydrogen) atoms. The van der Waals surface area contributed by atoms with E-state index in [1.807, 2.05) is 19.2 Å². The molecule has 0 radical (unpaired) electrons. The van der Waals surface area contributed by atoms with Gasteiger partial charge in [0.1, 0.15) is 0 Å². The first kappa shape index (κ1) is 20.8. The summed E-state index contributed by atoms with van der Waals surface area (Å²) in [6, 6.07) is 7.73. The Labute approximate surface area is 185 Å². The number of piperidine rings is 1. The van der Waals surface area contributed by atoms with Gasteiger partial charge in [0.05, 0.1) is 5.56 Å². The summed E-state index contributed by atoms with van der Waals surface area (Å²) in [6.45, 7) is 4.97. The first-order valence-electron chi connectivity index (χ1n) is 12.0. The number of rotatable bonds is 2. The van der Waals surface area contributed by atoms with Gasteiger partial charge in [0.25, 0.3) is 0 Å². The van der Waals surface area contributed by atoms with Crippen molar-refractivity contribution in [3.63, 3.8) is 0 Å². The van der Waals surface area contributed by atoms with E-state index in [2.05, 4.69) is 24.8 Å². The summed E-state index contributed by atoms with van der Waals surface area (Å²) in [5.74, 6) is 1.69. The third kappa shape index (κ3) is 3.08. The van der Waals surface area contributed by atoms with Crippen LogP contribution in [0.5, 0.6) is 0 Å². The van der Waals surface area contributed by atoms with E-state index in [1.165, 1.54) is 25.7 Å². The van der Waals surface area contributed by atoms with E-state index in [4.69, 9.17) is 5.11 Å². The minimum Gasteiger partial charge on any atom is -0.478 e. The Kier molecular flexibility index (Phi) is 4.84. The zero-order chi connectivity index (χ0) is 22.0. The van der Waals surface area contributed by atoms with Crippen molar-refractivity contribution < 1.29 is 14.7 Å². The molecule has 1 aliphatic heterocycles. The molecule has 3 aliphatic carbocycles. The second kappa shape index (κ2) is 7.21. The minimum atomic E-state index is -0.871. The Morgan fingerprint density at radius 2 is 1.77 bits per heavy atom. The van der Waals surface area contributed by atoms with Gasteiger partial charge in [-0.05, 0) is 91.2 Å².